The number of hydrogen-bond donors (Lipinski definition) is 2. The van der Waals surface area contributed by atoms with Gasteiger partial charge in [0.2, 0.25) is 0 Å². The summed E-state index contributed by atoms with van der Waals surface area (Å²) >= 11 is 0. The molecule has 5 nitrogen and oxygen atoms in total. The summed E-state index contributed by atoms with van der Waals surface area (Å²) in [6.45, 7) is 0. The average Bonchev–Trinajstić information content (AvgIpc) is 2.66. The largest absolute Gasteiger partial charge is 0.480 e. The molecule has 1 aliphatic carbocycles. The van der Waals surface area contributed by atoms with Gasteiger partial charge >= 0.3 is 5.97 Å². The third kappa shape index (κ3) is 3.10. The van der Waals surface area contributed by atoms with Gasteiger partial charge in [-0.2, -0.15) is 0 Å². The predicted octanol–water partition coefficient (Wildman–Crippen LogP) is 1.99. The maximum atomic E-state index is 12.1. The summed E-state index contributed by atoms with van der Waals surface area (Å²) in [6.07, 6.45) is 6.20. The average molecular weight is 262 g/mol. The Labute approximate surface area is 112 Å². The van der Waals surface area contributed by atoms with E-state index in [0.717, 1.165) is 25.7 Å². The van der Waals surface area contributed by atoms with Crippen LogP contribution in [0, 0.1) is 0 Å². The molecule has 1 saturated carbocycles. The lowest BCUT2D eigenvalue weighted by Gasteiger charge is -2.29. The summed E-state index contributed by atoms with van der Waals surface area (Å²) in [5.74, 6) is -1.36. The van der Waals surface area contributed by atoms with Crippen molar-refractivity contribution in [3.05, 3.63) is 30.1 Å². The van der Waals surface area contributed by atoms with Crippen LogP contribution < -0.4 is 5.32 Å². The summed E-state index contributed by atoms with van der Waals surface area (Å²) in [6, 6.07) is 5.01. The fourth-order valence-electron chi connectivity index (χ4n) is 2.50. The van der Waals surface area contributed by atoms with Crippen molar-refractivity contribution in [1.82, 2.24) is 10.3 Å². The van der Waals surface area contributed by atoms with Crippen molar-refractivity contribution in [2.24, 2.45) is 0 Å². The standard InChI is InChI=1S/C14H18N2O3/c17-12(11-7-3-6-10-15-11)16-14(13(18)19)8-4-1-2-5-9-14/h3,6-7,10H,1-2,4-5,8-9H2,(H,16,17)(H,18,19). The molecule has 0 bridgehead atoms. The molecular weight excluding hydrogens is 244 g/mol. The van der Waals surface area contributed by atoms with Crippen LogP contribution in [0.15, 0.2) is 24.4 Å². The van der Waals surface area contributed by atoms with E-state index in [1.807, 2.05) is 0 Å². The number of pyridine rings is 1. The van der Waals surface area contributed by atoms with Crippen LogP contribution in [-0.4, -0.2) is 27.5 Å². The Balaban J connectivity index is 2.17. The second-order valence-corrected chi connectivity index (χ2v) is 4.97. The van der Waals surface area contributed by atoms with Crippen molar-refractivity contribution in [2.45, 2.75) is 44.1 Å². The van der Waals surface area contributed by atoms with Crippen molar-refractivity contribution in [2.75, 3.05) is 0 Å². The van der Waals surface area contributed by atoms with Gasteiger partial charge in [0.25, 0.3) is 5.91 Å². The molecule has 2 rings (SSSR count). The highest BCUT2D eigenvalue weighted by atomic mass is 16.4. The first-order valence-electron chi connectivity index (χ1n) is 6.61. The minimum absolute atomic E-state index is 0.257. The number of carboxylic acids is 1. The van der Waals surface area contributed by atoms with Gasteiger partial charge in [0, 0.05) is 6.20 Å². The van der Waals surface area contributed by atoms with Gasteiger partial charge in [-0.3, -0.25) is 9.78 Å². The van der Waals surface area contributed by atoms with Crippen molar-refractivity contribution < 1.29 is 14.7 Å². The van der Waals surface area contributed by atoms with Gasteiger partial charge in [-0.05, 0) is 25.0 Å². The normalized spacial score (nSPS) is 18.3. The number of carbonyl (C=O) groups excluding carboxylic acids is 1. The van der Waals surface area contributed by atoms with Gasteiger partial charge < -0.3 is 10.4 Å². The van der Waals surface area contributed by atoms with Gasteiger partial charge in [0.05, 0.1) is 0 Å². The Morgan fingerprint density at radius 2 is 1.84 bits per heavy atom. The second-order valence-electron chi connectivity index (χ2n) is 4.97. The number of nitrogens with one attached hydrogen (secondary N) is 1. The summed E-state index contributed by atoms with van der Waals surface area (Å²) in [7, 11) is 0. The first kappa shape index (κ1) is 13.5. The van der Waals surface area contributed by atoms with E-state index >= 15 is 0 Å². The molecular formula is C14H18N2O3. The summed E-state index contributed by atoms with van der Waals surface area (Å²) < 4.78 is 0. The topological polar surface area (TPSA) is 79.3 Å². The molecule has 0 radical (unpaired) electrons. The van der Waals surface area contributed by atoms with Gasteiger partial charge in [-0.1, -0.05) is 31.7 Å². The minimum Gasteiger partial charge on any atom is -0.480 e. The Morgan fingerprint density at radius 3 is 2.37 bits per heavy atom. The molecule has 1 aromatic rings. The highest BCUT2D eigenvalue weighted by Gasteiger charge is 2.40. The zero-order valence-corrected chi connectivity index (χ0v) is 10.8. The van der Waals surface area contributed by atoms with E-state index in [4.69, 9.17) is 0 Å². The van der Waals surface area contributed by atoms with Crippen LogP contribution in [0.3, 0.4) is 0 Å². The number of carbonyl (C=O) groups is 2. The SMILES string of the molecule is O=C(NC1(C(=O)O)CCCCCC1)c1ccccn1. The monoisotopic (exact) mass is 262 g/mol. The van der Waals surface area contributed by atoms with E-state index < -0.39 is 17.4 Å². The van der Waals surface area contributed by atoms with Gasteiger partial charge in [0.15, 0.2) is 0 Å². The van der Waals surface area contributed by atoms with Crippen molar-refractivity contribution in [3.8, 4) is 0 Å². The first-order chi connectivity index (χ1) is 9.14. The quantitative estimate of drug-likeness (QED) is 0.816. The molecule has 0 unspecified atom stereocenters. The lowest BCUT2D eigenvalue weighted by atomic mass is 9.90. The Hall–Kier alpha value is -1.91. The predicted molar refractivity (Wildman–Crippen MR) is 69.8 cm³/mol. The van der Waals surface area contributed by atoms with Crippen molar-refractivity contribution in [3.63, 3.8) is 0 Å². The number of aliphatic carboxylic acids is 1. The van der Waals surface area contributed by atoms with Crippen LogP contribution >= 0.6 is 0 Å². The molecule has 1 fully saturated rings. The molecule has 1 amide bonds. The van der Waals surface area contributed by atoms with E-state index in [0.29, 0.717) is 12.8 Å². The maximum Gasteiger partial charge on any atom is 0.329 e. The van der Waals surface area contributed by atoms with Crippen LogP contribution in [0.25, 0.3) is 0 Å². The highest BCUT2D eigenvalue weighted by molar-refractivity contribution is 5.96. The Morgan fingerprint density at radius 1 is 1.16 bits per heavy atom. The van der Waals surface area contributed by atoms with Gasteiger partial charge in [0.1, 0.15) is 11.2 Å². The number of carboxylic acid groups (broad SMARTS) is 1. The minimum atomic E-state index is -1.13. The van der Waals surface area contributed by atoms with E-state index in [1.165, 1.54) is 6.20 Å². The van der Waals surface area contributed by atoms with E-state index in [-0.39, 0.29) is 5.69 Å². The smallest absolute Gasteiger partial charge is 0.329 e. The summed E-state index contributed by atoms with van der Waals surface area (Å²) in [5.41, 5.74) is -0.877. The summed E-state index contributed by atoms with van der Waals surface area (Å²) in [4.78, 5) is 27.6. The van der Waals surface area contributed by atoms with Gasteiger partial charge in [-0.15, -0.1) is 0 Å². The molecule has 0 aliphatic heterocycles. The Bertz CT molecular complexity index is 451. The fourth-order valence-corrected chi connectivity index (χ4v) is 2.50. The van der Waals surface area contributed by atoms with Crippen LogP contribution in [0.5, 0.6) is 0 Å². The molecule has 1 heterocycles. The lowest BCUT2D eigenvalue weighted by Crippen LogP contribution is -2.54. The molecule has 0 spiro atoms. The van der Waals surface area contributed by atoms with Crippen molar-refractivity contribution >= 4 is 11.9 Å². The zero-order chi connectivity index (χ0) is 13.7. The number of hydrogen-bond acceptors (Lipinski definition) is 3. The van der Waals surface area contributed by atoms with E-state index in [1.54, 1.807) is 18.2 Å². The molecule has 19 heavy (non-hydrogen) atoms. The summed E-state index contributed by atoms with van der Waals surface area (Å²) in [5, 5.41) is 12.2. The van der Waals surface area contributed by atoms with Gasteiger partial charge in [-0.25, -0.2) is 4.79 Å². The van der Waals surface area contributed by atoms with Crippen molar-refractivity contribution in [1.29, 1.82) is 0 Å². The molecule has 1 aliphatic rings. The van der Waals surface area contributed by atoms with Crippen LogP contribution in [0.1, 0.15) is 49.0 Å². The van der Waals surface area contributed by atoms with Crippen LogP contribution in [0.4, 0.5) is 0 Å². The molecule has 1 aromatic heterocycles. The highest BCUT2D eigenvalue weighted by Crippen LogP contribution is 2.27. The number of nitrogens with zero attached hydrogens (tertiary/aromatic N) is 1. The molecule has 102 valence electrons. The maximum absolute atomic E-state index is 12.1. The zero-order valence-electron chi connectivity index (χ0n) is 10.8. The third-order valence-electron chi connectivity index (χ3n) is 3.62. The van der Waals surface area contributed by atoms with E-state index in [9.17, 15) is 14.7 Å². The second kappa shape index (κ2) is 5.82. The molecule has 5 heteroatoms. The lowest BCUT2D eigenvalue weighted by molar-refractivity contribution is -0.145. The third-order valence-corrected chi connectivity index (χ3v) is 3.62. The molecule has 2 N–H and O–H groups in total. The molecule has 0 atom stereocenters. The molecule has 0 aromatic carbocycles. The Kier molecular flexibility index (Phi) is 4.14. The van der Waals surface area contributed by atoms with E-state index in [2.05, 4.69) is 10.3 Å². The molecule has 0 saturated heterocycles. The number of rotatable bonds is 3. The first-order valence-corrected chi connectivity index (χ1v) is 6.61. The number of amides is 1. The number of aromatic nitrogens is 1. The van der Waals surface area contributed by atoms with Crippen LogP contribution in [0.2, 0.25) is 0 Å². The van der Waals surface area contributed by atoms with Crippen LogP contribution in [-0.2, 0) is 4.79 Å². The fraction of sp³-hybridized carbons (Fsp3) is 0.500.